The van der Waals surface area contributed by atoms with Crippen molar-refractivity contribution in [1.82, 2.24) is 4.98 Å². The molecule has 7 heteroatoms. The highest BCUT2D eigenvalue weighted by Gasteiger charge is 2.31. The zero-order chi connectivity index (χ0) is 14.8. The second kappa shape index (κ2) is 5.17. The van der Waals surface area contributed by atoms with Crippen molar-refractivity contribution < 1.29 is 22.3 Å². The molecule has 0 spiro atoms. The molecule has 102 valence electrons. The van der Waals surface area contributed by atoms with Crippen LogP contribution >= 0.6 is 0 Å². The average molecular weight is 282 g/mol. The van der Waals surface area contributed by atoms with E-state index >= 15 is 0 Å². The minimum Gasteiger partial charge on any atom is -0.406 e. The van der Waals surface area contributed by atoms with Gasteiger partial charge in [-0.2, -0.15) is 5.26 Å². The molecule has 3 nitrogen and oxygen atoms in total. The van der Waals surface area contributed by atoms with Gasteiger partial charge in [-0.25, -0.2) is 9.37 Å². The van der Waals surface area contributed by atoms with Crippen LogP contribution in [-0.2, 0) is 0 Å². The van der Waals surface area contributed by atoms with Crippen molar-refractivity contribution in [2.45, 2.75) is 6.36 Å². The van der Waals surface area contributed by atoms with E-state index in [4.69, 9.17) is 5.26 Å². The third kappa shape index (κ3) is 3.23. The molecule has 0 amide bonds. The zero-order valence-electron chi connectivity index (χ0n) is 9.78. The Balaban J connectivity index is 2.36. The molecule has 0 aliphatic carbocycles. The molecule has 0 saturated heterocycles. The van der Waals surface area contributed by atoms with E-state index in [1.54, 1.807) is 6.07 Å². The first-order valence-electron chi connectivity index (χ1n) is 5.31. The number of halogens is 4. The number of hydrogen-bond donors (Lipinski definition) is 0. The summed E-state index contributed by atoms with van der Waals surface area (Å²) in [6, 6.07) is 7.64. The summed E-state index contributed by atoms with van der Waals surface area (Å²) in [5.74, 6) is -1.26. The third-order valence-electron chi connectivity index (χ3n) is 2.35. The third-order valence-corrected chi connectivity index (χ3v) is 2.35. The van der Waals surface area contributed by atoms with Crippen molar-refractivity contribution in [1.29, 1.82) is 5.26 Å². The van der Waals surface area contributed by atoms with Gasteiger partial charge in [0.25, 0.3) is 0 Å². The normalized spacial score (nSPS) is 10.9. The Morgan fingerprint density at radius 2 is 1.90 bits per heavy atom. The van der Waals surface area contributed by atoms with Gasteiger partial charge in [0.2, 0.25) is 0 Å². The highest BCUT2D eigenvalue weighted by Crippen LogP contribution is 2.28. The van der Waals surface area contributed by atoms with Crippen molar-refractivity contribution in [3.05, 3.63) is 48.0 Å². The fraction of sp³-hybridized carbons (Fsp3) is 0.0769. The molecule has 20 heavy (non-hydrogen) atoms. The first kappa shape index (κ1) is 13.8. The predicted octanol–water partition coefficient (Wildman–Crippen LogP) is 3.66. The van der Waals surface area contributed by atoms with E-state index in [1.165, 1.54) is 18.3 Å². The van der Waals surface area contributed by atoms with Crippen LogP contribution in [0.3, 0.4) is 0 Å². The molecule has 0 bridgehead atoms. The van der Waals surface area contributed by atoms with E-state index in [0.29, 0.717) is 5.56 Å². The molecule has 2 aromatic rings. The summed E-state index contributed by atoms with van der Waals surface area (Å²) < 4.78 is 53.5. The van der Waals surface area contributed by atoms with Gasteiger partial charge in [0.15, 0.2) is 11.5 Å². The molecule has 0 N–H and O–H groups in total. The summed E-state index contributed by atoms with van der Waals surface area (Å²) in [6.45, 7) is 0. The molecule has 2 rings (SSSR count). The lowest BCUT2D eigenvalue weighted by Crippen LogP contribution is -2.17. The lowest BCUT2D eigenvalue weighted by atomic mass is 10.1. The van der Waals surface area contributed by atoms with Gasteiger partial charge < -0.3 is 4.74 Å². The number of benzene rings is 1. The molecule has 0 atom stereocenters. The summed E-state index contributed by atoms with van der Waals surface area (Å²) >= 11 is 0. The molecule has 0 fully saturated rings. The van der Waals surface area contributed by atoms with E-state index in [0.717, 1.165) is 18.2 Å². The number of nitriles is 1. The number of aromatic nitrogens is 1. The van der Waals surface area contributed by atoms with E-state index in [2.05, 4.69) is 9.72 Å². The van der Waals surface area contributed by atoms with Gasteiger partial charge in [0, 0.05) is 11.8 Å². The van der Waals surface area contributed by atoms with Crippen molar-refractivity contribution in [2.75, 3.05) is 0 Å². The van der Waals surface area contributed by atoms with Gasteiger partial charge in [-0.1, -0.05) is 12.1 Å². The molecule has 1 aromatic carbocycles. The van der Waals surface area contributed by atoms with Crippen molar-refractivity contribution in [2.24, 2.45) is 0 Å². The Morgan fingerprint density at radius 1 is 1.15 bits per heavy atom. The fourth-order valence-electron chi connectivity index (χ4n) is 1.55. The maximum absolute atomic E-state index is 13.4. The Kier molecular flexibility index (Phi) is 3.57. The lowest BCUT2D eigenvalue weighted by Gasteiger charge is -2.10. The smallest absolute Gasteiger partial charge is 0.406 e. The zero-order valence-corrected chi connectivity index (χ0v) is 9.78. The van der Waals surface area contributed by atoms with E-state index in [-0.39, 0.29) is 11.3 Å². The van der Waals surface area contributed by atoms with Crippen LogP contribution in [0.15, 0.2) is 36.5 Å². The van der Waals surface area contributed by atoms with Crippen LogP contribution in [0.1, 0.15) is 5.69 Å². The number of ether oxygens (including phenoxy) is 1. The Labute approximate surface area is 111 Å². The number of pyridine rings is 1. The summed E-state index contributed by atoms with van der Waals surface area (Å²) in [5, 5.41) is 8.55. The van der Waals surface area contributed by atoms with E-state index in [1.807, 2.05) is 0 Å². The highest BCUT2D eigenvalue weighted by molar-refractivity contribution is 5.64. The van der Waals surface area contributed by atoms with Crippen molar-refractivity contribution in [3.8, 4) is 22.9 Å². The number of alkyl halides is 3. The van der Waals surface area contributed by atoms with Gasteiger partial charge >= 0.3 is 6.36 Å². The van der Waals surface area contributed by atoms with E-state index in [9.17, 15) is 17.6 Å². The van der Waals surface area contributed by atoms with Gasteiger partial charge in [-0.15, -0.1) is 13.2 Å². The second-order valence-electron chi connectivity index (χ2n) is 3.74. The number of nitrogens with zero attached hydrogens (tertiary/aromatic N) is 2. The largest absolute Gasteiger partial charge is 0.573 e. The van der Waals surface area contributed by atoms with Crippen LogP contribution in [-0.4, -0.2) is 11.3 Å². The Morgan fingerprint density at radius 3 is 2.50 bits per heavy atom. The molecule has 1 heterocycles. The quantitative estimate of drug-likeness (QED) is 0.790. The first-order chi connectivity index (χ1) is 9.39. The fourth-order valence-corrected chi connectivity index (χ4v) is 1.55. The lowest BCUT2D eigenvalue weighted by molar-refractivity contribution is -0.274. The standard InChI is InChI=1S/C13H6F4N2O/c14-11-5-9(7-19-12(11)6-18)8-2-1-3-10(4-8)20-13(15,16)17/h1-5,7H. The van der Waals surface area contributed by atoms with Crippen LogP contribution < -0.4 is 4.74 Å². The van der Waals surface area contributed by atoms with Crippen LogP contribution in [0.4, 0.5) is 17.6 Å². The van der Waals surface area contributed by atoms with Crippen LogP contribution in [0, 0.1) is 17.1 Å². The molecular weight excluding hydrogens is 276 g/mol. The first-order valence-corrected chi connectivity index (χ1v) is 5.31. The summed E-state index contributed by atoms with van der Waals surface area (Å²) in [6.07, 6.45) is -3.60. The Bertz CT molecular complexity index is 677. The van der Waals surface area contributed by atoms with Gasteiger partial charge in [-0.3, -0.25) is 0 Å². The molecule has 0 radical (unpaired) electrons. The topological polar surface area (TPSA) is 45.9 Å². The second-order valence-corrected chi connectivity index (χ2v) is 3.74. The minimum absolute atomic E-state index is 0.245. The Hall–Kier alpha value is -2.62. The summed E-state index contributed by atoms with van der Waals surface area (Å²) in [4.78, 5) is 3.58. The minimum atomic E-state index is -4.80. The predicted molar refractivity (Wildman–Crippen MR) is 61.0 cm³/mol. The van der Waals surface area contributed by atoms with Crippen LogP contribution in [0.2, 0.25) is 0 Å². The summed E-state index contributed by atoms with van der Waals surface area (Å²) in [5.41, 5.74) is 0.160. The molecule has 1 aromatic heterocycles. The number of hydrogen-bond acceptors (Lipinski definition) is 3. The van der Waals surface area contributed by atoms with Crippen molar-refractivity contribution >= 4 is 0 Å². The van der Waals surface area contributed by atoms with Crippen LogP contribution in [0.5, 0.6) is 5.75 Å². The van der Waals surface area contributed by atoms with E-state index < -0.39 is 17.9 Å². The maximum Gasteiger partial charge on any atom is 0.573 e. The van der Waals surface area contributed by atoms with Gasteiger partial charge in [-0.05, 0) is 23.8 Å². The molecule has 0 unspecified atom stereocenters. The molecular formula is C13H6F4N2O. The monoisotopic (exact) mass is 282 g/mol. The molecule has 0 aliphatic heterocycles. The SMILES string of the molecule is N#Cc1ncc(-c2cccc(OC(F)(F)F)c2)cc1F. The van der Waals surface area contributed by atoms with Crippen LogP contribution in [0.25, 0.3) is 11.1 Å². The molecule has 0 aliphatic rings. The van der Waals surface area contributed by atoms with Crippen molar-refractivity contribution in [3.63, 3.8) is 0 Å². The molecule has 0 saturated carbocycles. The van der Waals surface area contributed by atoms with Gasteiger partial charge in [0.05, 0.1) is 0 Å². The number of rotatable bonds is 2. The average Bonchev–Trinajstić information content (AvgIpc) is 2.37. The summed E-state index contributed by atoms with van der Waals surface area (Å²) in [7, 11) is 0. The maximum atomic E-state index is 13.4. The van der Waals surface area contributed by atoms with Gasteiger partial charge in [0.1, 0.15) is 11.8 Å². The highest BCUT2D eigenvalue weighted by atomic mass is 19.4.